The molecule has 0 fully saturated rings. The normalized spacial score (nSPS) is 11.7. The van der Waals surface area contributed by atoms with E-state index in [0.29, 0.717) is 6.54 Å². The van der Waals surface area contributed by atoms with Crippen molar-refractivity contribution in [1.82, 2.24) is 0 Å². The summed E-state index contributed by atoms with van der Waals surface area (Å²) in [5.41, 5.74) is 9.55. The number of aryl methyl sites for hydroxylation is 2. The van der Waals surface area contributed by atoms with Gasteiger partial charge in [0.2, 0.25) is 0 Å². The Labute approximate surface area is 109 Å². The zero-order valence-corrected chi connectivity index (χ0v) is 12.5. The van der Waals surface area contributed by atoms with Crippen LogP contribution >= 0.6 is 11.8 Å². The van der Waals surface area contributed by atoms with Crippen molar-refractivity contribution in [3.05, 3.63) is 22.8 Å². The van der Waals surface area contributed by atoms with Crippen molar-refractivity contribution < 1.29 is 4.74 Å². The lowest BCUT2D eigenvalue weighted by atomic mass is 10.1. The van der Waals surface area contributed by atoms with E-state index in [4.69, 9.17) is 10.5 Å². The van der Waals surface area contributed by atoms with E-state index in [0.717, 1.165) is 5.75 Å². The highest BCUT2D eigenvalue weighted by Gasteiger charge is 2.22. The highest BCUT2D eigenvalue weighted by molar-refractivity contribution is 8.00. The van der Waals surface area contributed by atoms with Crippen molar-refractivity contribution >= 4 is 11.8 Å². The Morgan fingerprint density at radius 2 is 1.82 bits per heavy atom. The van der Waals surface area contributed by atoms with Gasteiger partial charge in [0.1, 0.15) is 5.75 Å². The van der Waals surface area contributed by atoms with E-state index in [2.05, 4.69) is 40.7 Å². The van der Waals surface area contributed by atoms with Gasteiger partial charge in [-0.05, 0) is 51.3 Å². The van der Waals surface area contributed by atoms with E-state index < -0.39 is 0 Å². The minimum Gasteiger partial charge on any atom is -0.495 e. The summed E-state index contributed by atoms with van der Waals surface area (Å²) in [6.45, 7) is 11.3. The number of benzene rings is 1. The van der Waals surface area contributed by atoms with Crippen LogP contribution in [0.15, 0.2) is 11.0 Å². The van der Waals surface area contributed by atoms with Gasteiger partial charge in [-0.25, -0.2) is 0 Å². The van der Waals surface area contributed by atoms with Crippen molar-refractivity contribution in [2.75, 3.05) is 13.7 Å². The Hall–Kier alpha value is -0.670. The fourth-order valence-corrected chi connectivity index (χ4v) is 2.90. The number of methoxy groups -OCH3 is 1. The number of nitrogens with two attached hydrogens (primary N) is 1. The van der Waals surface area contributed by atoms with E-state index in [9.17, 15) is 0 Å². The Balaban J connectivity index is 3.28. The standard InChI is InChI=1S/C14H23NOS/c1-9-7-10(2)13(12(16-6)11(9)3)17-14(4,5)8-15/h7H,8,15H2,1-6H3. The van der Waals surface area contributed by atoms with Crippen LogP contribution in [-0.2, 0) is 0 Å². The first-order chi connectivity index (χ1) is 7.82. The first-order valence-corrected chi connectivity index (χ1v) is 6.68. The van der Waals surface area contributed by atoms with Crippen LogP contribution in [0, 0.1) is 20.8 Å². The molecule has 0 saturated heterocycles. The molecule has 2 nitrogen and oxygen atoms in total. The molecule has 0 saturated carbocycles. The summed E-state index contributed by atoms with van der Waals surface area (Å²) < 4.78 is 5.59. The lowest BCUT2D eigenvalue weighted by molar-refractivity contribution is 0.400. The van der Waals surface area contributed by atoms with Crippen molar-refractivity contribution in [3.8, 4) is 5.75 Å². The van der Waals surface area contributed by atoms with Crippen molar-refractivity contribution in [2.45, 2.75) is 44.3 Å². The summed E-state index contributed by atoms with van der Waals surface area (Å²) in [6.07, 6.45) is 0. The van der Waals surface area contributed by atoms with E-state index >= 15 is 0 Å². The maximum atomic E-state index is 5.80. The van der Waals surface area contributed by atoms with Crippen LogP contribution in [0.5, 0.6) is 5.75 Å². The number of hydrogen-bond donors (Lipinski definition) is 1. The number of hydrogen-bond acceptors (Lipinski definition) is 3. The Bertz CT molecular complexity index is 413. The van der Waals surface area contributed by atoms with Crippen LogP contribution in [0.3, 0.4) is 0 Å². The van der Waals surface area contributed by atoms with Gasteiger partial charge in [-0.15, -0.1) is 11.8 Å². The zero-order chi connectivity index (χ0) is 13.2. The lowest BCUT2D eigenvalue weighted by Gasteiger charge is -2.25. The van der Waals surface area contributed by atoms with Gasteiger partial charge in [-0.3, -0.25) is 0 Å². The monoisotopic (exact) mass is 253 g/mol. The molecule has 96 valence electrons. The smallest absolute Gasteiger partial charge is 0.135 e. The van der Waals surface area contributed by atoms with Gasteiger partial charge in [-0.1, -0.05) is 6.07 Å². The summed E-state index contributed by atoms with van der Waals surface area (Å²) in [6, 6.07) is 2.22. The summed E-state index contributed by atoms with van der Waals surface area (Å²) >= 11 is 1.80. The molecule has 1 rings (SSSR count). The second-order valence-corrected chi connectivity index (χ2v) is 6.78. The molecular formula is C14H23NOS. The SMILES string of the molecule is COc1c(C)c(C)cc(C)c1SC(C)(C)CN. The van der Waals surface area contributed by atoms with E-state index in [1.807, 2.05) is 0 Å². The third kappa shape index (κ3) is 3.17. The molecule has 1 aromatic rings. The molecule has 0 atom stereocenters. The van der Waals surface area contributed by atoms with Crippen LogP contribution in [0.1, 0.15) is 30.5 Å². The van der Waals surface area contributed by atoms with Crippen molar-refractivity contribution in [1.29, 1.82) is 0 Å². The minimum absolute atomic E-state index is 0.0275. The van der Waals surface area contributed by atoms with Gasteiger partial charge in [-0.2, -0.15) is 0 Å². The van der Waals surface area contributed by atoms with Gasteiger partial charge in [0.15, 0.2) is 0 Å². The summed E-state index contributed by atoms with van der Waals surface area (Å²) in [5, 5.41) is 0. The molecule has 17 heavy (non-hydrogen) atoms. The van der Waals surface area contributed by atoms with E-state index in [1.54, 1.807) is 18.9 Å². The maximum absolute atomic E-state index is 5.80. The predicted octanol–water partition coefficient (Wildman–Crippen LogP) is 3.45. The van der Waals surface area contributed by atoms with Crippen molar-refractivity contribution in [2.24, 2.45) is 5.73 Å². The molecule has 0 heterocycles. The summed E-state index contributed by atoms with van der Waals surface area (Å²) in [7, 11) is 1.74. The summed E-state index contributed by atoms with van der Waals surface area (Å²) in [5.74, 6) is 0.994. The molecular weight excluding hydrogens is 230 g/mol. The molecule has 0 aliphatic rings. The highest BCUT2D eigenvalue weighted by Crippen LogP contribution is 2.42. The van der Waals surface area contributed by atoms with Gasteiger partial charge in [0, 0.05) is 11.3 Å². The van der Waals surface area contributed by atoms with Gasteiger partial charge in [0.05, 0.1) is 12.0 Å². The molecule has 2 N–H and O–H groups in total. The molecule has 0 unspecified atom stereocenters. The van der Waals surface area contributed by atoms with Crippen LogP contribution < -0.4 is 10.5 Å². The number of thioether (sulfide) groups is 1. The second-order valence-electron chi connectivity index (χ2n) is 5.06. The fourth-order valence-electron chi connectivity index (χ4n) is 1.72. The molecule has 0 aliphatic carbocycles. The minimum atomic E-state index is 0.0275. The quantitative estimate of drug-likeness (QED) is 0.835. The average Bonchev–Trinajstić information content (AvgIpc) is 2.26. The third-order valence-electron chi connectivity index (χ3n) is 3.00. The summed E-state index contributed by atoms with van der Waals surface area (Å²) in [4.78, 5) is 1.21. The van der Waals surface area contributed by atoms with E-state index in [1.165, 1.54) is 21.6 Å². The third-order valence-corrected chi connectivity index (χ3v) is 4.43. The first kappa shape index (κ1) is 14.4. The first-order valence-electron chi connectivity index (χ1n) is 5.86. The van der Waals surface area contributed by atoms with Crippen LogP contribution in [0.4, 0.5) is 0 Å². The number of rotatable bonds is 4. The molecule has 1 aromatic carbocycles. The molecule has 0 bridgehead atoms. The van der Waals surface area contributed by atoms with Gasteiger partial charge < -0.3 is 10.5 Å². The lowest BCUT2D eigenvalue weighted by Crippen LogP contribution is -2.26. The van der Waals surface area contributed by atoms with Gasteiger partial charge in [0.25, 0.3) is 0 Å². The Morgan fingerprint density at radius 3 is 2.29 bits per heavy atom. The zero-order valence-electron chi connectivity index (χ0n) is 11.7. The molecule has 0 spiro atoms. The molecule has 3 heteroatoms. The predicted molar refractivity (Wildman–Crippen MR) is 76.2 cm³/mol. The second kappa shape index (κ2) is 5.32. The topological polar surface area (TPSA) is 35.2 Å². The van der Waals surface area contributed by atoms with Crippen LogP contribution in [-0.4, -0.2) is 18.4 Å². The van der Waals surface area contributed by atoms with Crippen LogP contribution in [0.25, 0.3) is 0 Å². The average molecular weight is 253 g/mol. The molecule has 0 radical (unpaired) electrons. The fraction of sp³-hybridized carbons (Fsp3) is 0.571. The van der Waals surface area contributed by atoms with Crippen molar-refractivity contribution in [3.63, 3.8) is 0 Å². The van der Waals surface area contributed by atoms with Gasteiger partial charge >= 0.3 is 0 Å². The Kier molecular flexibility index (Phi) is 4.50. The van der Waals surface area contributed by atoms with E-state index in [-0.39, 0.29) is 4.75 Å². The highest BCUT2D eigenvalue weighted by atomic mass is 32.2. The Morgan fingerprint density at radius 1 is 1.24 bits per heavy atom. The molecule has 0 amide bonds. The molecule has 0 aliphatic heterocycles. The maximum Gasteiger partial charge on any atom is 0.135 e. The number of ether oxygens (including phenoxy) is 1. The molecule has 0 aromatic heterocycles. The largest absolute Gasteiger partial charge is 0.495 e. The van der Waals surface area contributed by atoms with Crippen LogP contribution in [0.2, 0.25) is 0 Å².